The molecule has 0 bridgehead atoms. The zero-order valence-electron chi connectivity index (χ0n) is 9.94. The van der Waals surface area contributed by atoms with Crippen molar-refractivity contribution < 1.29 is 14.3 Å². The van der Waals surface area contributed by atoms with Crippen LogP contribution in [-0.2, 0) is 0 Å². The molecule has 2 aromatic rings. The Bertz CT molecular complexity index is 564. The number of carbonyl (C=O) groups excluding carboxylic acids is 1. The monoisotopic (exact) mass is 267 g/mol. The smallest absolute Gasteiger partial charge is 0.287 e. The summed E-state index contributed by atoms with van der Waals surface area (Å²) in [5.41, 5.74) is 0.624. The van der Waals surface area contributed by atoms with Crippen LogP contribution in [0.1, 0.15) is 23.9 Å². The van der Waals surface area contributed by atoms with Crippen molar-refractivity contribution >= 4 is 28.5 Å². The van der Waals surface area contributed by atoms with Gasteiger partial charge in [-0.05, 0) is 37.6 Å². The lowest BCUT2D eigenvalue weighted by Gasteiger charge is -2.10. The predicted octanol–water partition coefficient (Wildman–Crippen LogP) is 2.59. The number of aliphatic hydroxyl groups is 1. The number of hydrogen-bond donors (Lipinski definition) is 2. The molecular weight excluding hydrogens is 254 g/mol. The van der Waals surface area contributed by atoms with Gasteiger partial charge >= 0.3 is 0 Å². The number of halogens is 1. The van der Waals surface area contributed by atoms with Crippen molar-refractivity contribution in [2.75, 3.05) is 6.61 Å². The molecule has 2 N–H and O–H groups in total. The summed E-state index contributed by atoms with van der Waals surface area (Å²) < 4.78 is 5.43. The molecule has 2 rings (SSSR count). The minimum Gasteiger partial charge on any atom is -0.451 e. The van der Waals surface area contributed by atoms with Crippen LogP contribution < -0.4 is 5.32 Å². The lowest BCUT2D eigenvalue weighted by atomic mass is 10.2. The summed E-state index contributed by atoms with van der Waals surface area (Å²) in [6.45, 7) is 1.87. The summed E-state index contributed by atoms with van der Waals surface area (Å²) in [5.74, 6) is -0.0414. The number of hydrogen-bond acceptors (Lipinski definition) is 3. The van der Waals surface area contributed by atoms with E-state index in [0.29, 0.717) is 17.0 Å². The minimum atomic E-state index is -0.289. The van der Waals surface area contributed by atoms with E-state index >= 15 is 0 Å². The summed E-state index contributed by atoms with van der Waals surface area (Å²) in [6.07, 6.45) is 0.512. The Hall–Kier alpha value is -1.52. The zero-order valence-corrected chi connectivity index (χ0v) is 10.7. The quantitative estimate of drug-likeness (QED) is 0.895. The fraction of sp³-hybridized carbons (Fsp3) is 0.308. The Morgan fingerprint density at radius 1 is 1.50 bits per heavy atom. The van der Waals surface area contributed by atoms with Gasteiger partial charge in [-0.1, -0.05) is 11.6 Å². The lowest BCUT2D eigenvalue weighted by Crippen LogP contribution is -2.32. The van der Waals surface area contributed by atoms with E-state index in [4.69, 9.17) is 21.1 Å². The first-order valence-electron chi connectivity index (χ1n) is 5.71. The first-order chi connectivity index (χ1) is 8.60. The molecule has 0 saturated heterocycles. The van der Waals surface area contributed by atoms with Crippen LogP contribution in [0.5, 0.6) is 0 Å². The van der Waals surface area contributed by atoms with Gasteiger partial charge in [0.05, 0.1) is 0 Å². The van der Waals surface area contributed by atoms with Crippen molar-refractivity contribution in [1.82, 2.24) is 5.32 Å². The Kier molecular flexibility index (Phi) is 3.89. The predicted molar refractivity (Wildman–Crippen MR) is 69.9 cm³/mol. The van der Waals surface area contributed by atoms with Gasteiger partial charge in [-0.15, -0.1) is 0 Å². The third-order valence-corrected chi connectivity index (χ3v) is 2.88. The van der Waals surface area contributed by atoms with Crippen LogP contribution in [0.15, 0.2) is 28.7 Å². The number of furan rings is 1. The maximum absolute atomic E-state index is 11.9. The molecule has 1 heterocycles. The molecule has 0 saturated carbocycles. The zero-order chi connectivity index (χ0) is 13.1. The third-order valence-electron chi connectivity index (χ3n) is 2.64. The molecule has 0 aliphatic rings. The van der Waals surface area contributed by atoms with Gasteiger partial charge in [-0.25, -0.2) is 0 Å². The second-order valence-corrected chi connectivity index (χ2v) is 4.62. The number of amides is 1. The SMILES string of the molecule is CC(CCO)NC(=O)c1cc2cc(Cl)ccc2o1. The van der Waals surface area contributed by atoms with E-state index in [1.165, 1.54) is 0 Å². The Balaban J connectivity index is 2.18. The molecule has 1 atom stereocenters. The van der Waals surface area contributed by atoms with Gasteiger partial charge in [0.25, 0.3) is 5.91 Å². The highest BCUT2D eigenvalue weighted by molar-refractivity contribution is 6.31. The molecule has 1 unspecified atom stereocenters. The lowest BCUT2D eigenvalue weighted by molar-refractivity contribution is 0.0908. The van der Waals surface area contributed by atoms with Crippen LogP contribution in [-0.4, -0.2) is 23.7 Å². The van der Waals surface area contributed by atoms with Gasteiger partial charge in [0.1, 0.15) is 5.58 Å². The first-order valence-corrected chi connectivity index (χ1v) is 6.09. The maximum atomic E-state index is 11.9. The van der Waals surface area contributed by atoms with E-state index in [-0.39, 0.29) is 24.3 Å². The van der Waals surface area contributed by atoms with Crippen LogP contribution in [0, 0.1) is 0 Å². The molecule has 5 heteroatoms. The molecular formula is C13H14ClNO3. The molecule has 0 radical (unpaired) electrons. The van der Waals surface area contributed by atoms with Crippen molar-refractivity contribution in [3.63, 3.8) is 0 Å². The molecule has 0 aliphatic heterocycles. The summed E-state index contributed by atoms with van der Waals surface area (Å²) in [4.78, 5) is 11.9. The van der Waals surface area contributed by atoms with Gasteiger partial charge in [-0.3, -0.25) is 4.79 Å². The van der Waals surface area contributed by atoms with E-state index in [2.05, 4.69) is 5.32 Å². The van der Waals surface area contributed by atoms with Gasteiger partial charge < -0.3 is 14.8 Å². The first kappa shape index (κ1) is 12.9. The van der Waals surface area contributed by atoms with Crippen molar-refractivity contribution in [2.24, 2.45) is 0 Å². The molecule has 4 nitrogen and oxygen atoms in total. The second kappa shape index (κ2) is 5.42. The molecule has 0 fully saturated rings. The van der Waals surface area contributed by atoms with Crippen LogP contribution in [0.3, 0.4) is 0 Å². The van der Waals surface area contributed by atoms with Crippen LogP contribution in [0.4, 0.5) is 0 Å². The van der Waals surface area contributed by atoms with Gasteiger partial charge in [0.2, 0.25) is 0 Å². The minimum absolute atomic E-state index is 0.0389. The standard InChI is InChI=1S/C13H14ClNO3/c1-8(4-5-16)15-13(17)12-7-9-6-10(14)2-3-11(9)18-12/h2-3,6-8,16H,4-5H2,1H3,(H,15,17). The van der Waals surface area contributed by atoms with Gasteiger partial charge in [0.15, 0.2) is 5.76 Å². The number of benzene rings is 1. The second-order valence-electron chi connectivity index (χ2n) is 4.18. The third kappa shape index (κ3) is 2.83. The van der Waals surface area contributed by atoms with E-state index in [0.717, 1.165) is 5.39 Å². The van der Waals surface area contributed by atoms with Crippen molar-refractivity contribution in [3.8, 4) is 0 Å². The molecule has 1 aromatic carbocycles. The van der Waals surface area contributed by atoms with E-state index in [9.17, 15) is 4.79 Å². The normalized spacial score (nSPS) is 12.6. The van der Waals surface area contributed by atoms with E-state index in [1.54, 1.807) is 24.3 Å². The molecule has 0 aliphatic carbocycles. The van der Waals surface area contributed by atoms with E-state index < -0.39 is 0 Å². The van der Waals surface area contributed by atoms with Crippen LogP contribution >= 0.6 is 11.6 Å². The Labute approximate surface area is 110 Å². The molecule has 18 heavy (non-hydrogen) atoms. The van der Waals surface area contributed by atoms with Crippen LogP contribution in [0.2, 0.25) is 5.02 Å². The van der Waals surface area contributed by atoms with Crippen molar-refractivity contribution in [1.29, 1.82) is 0 Å². The molecule has 0 spiro atoms. The summed E-state index contributed by atoms with van der Waals surface area (Å²) in [5, 5.41) is 12.9. The maximum Gasteiger partial charge on any atom is 0.287 e. The number of rotatable bonds is 4. The summed E-state index contributed by atoms with van der Waals surface area (Å²) in [6, 6.07) is 6.74. The number of fused-ring (bicyclic) bond motifs is 1. The van der Waals surface area contributed by atoms with Crippen LogP contribution in [0.25, 0.3) is 11.0 Å². The van der Waals surface area contributed by atoms with E-state index in [1.807, 2.05) is 6.92 Å². The molecule has 1 aromatic heterocycles. The Morgan fingerprint density at radius 2 is 2.28 bits per heavy atom. The Morgan fingerprint density at radius 3 is 3.00 bits per heavy atom. The largest absolute Gasteiger partial charge is 0.451 e. The number of aliphatic hydroxyl groups excluding tert-OH is 1. The highest BCUT2D eigenvalue weighted by Crippen LogP contribution is 2.23. The molecule has 96 valence electrons. The van der Waals surface area contributed by atoms with Gasteiger partial charge in [-0.2, -0.15) is 0 Å². The molecule has 1 amide bonds. The highest BCUT2D eigenvalue weighted by Gasteiger charge is 2.14. The van der Waals surface area contributed by atoms with Crippen molar-refractivity contribution in [2.45, 2.75) is 19.4 Å². The van der Waals surface area contributed by atoms with Gasteiger partial charge in [0, 0.05) is 23.1 Å². The topological polar surface area (TPSA) is 62.5 Å². The number of nitrogens with one attached hydrogen (secondary N) is 1. The average molecular weight is 268 g/mol. The summed E-state index contributed by atoms with van der Waals surface area (Å²) in [7, 11) is 0. The highest BCUT2D eigenvalue weighted by atomic mass is 35.5. The fourth-order valence-electron chi connectivity index (χ4n) is 1.69. The van der Waals surface area contributed by atoms with Crippen molar-refractivity contribution in [3.05, 3.63) is 35.0 Å². The average Bonchev–Trinajstić information content (AvgIpc) is 2.72. The fourth-order valence-corrected chi connectivity index (χ4v) is 1.87. The summed E-state index contributed by atoms with van der Waals surface area (Å²) >= 11 is 5.86. The number of carbonyl (C=O) groups is 1.